The van der Waals surface area contributed by atoms with Crippen LogP contribution in [-0.4, -0.2) is 22.0 Å². The van der Waals surface area contributed by atoms with Gasteiger partial charge in [0.05, 0.1) is 5.02 Å². The van der Waals surface area contributed by atoms with Gasteiger partial charge in [0.1, 0.15) is 5.76 Å². The van der Waals surface area contributed by atoms with Crippen LogP contribution in [-0.2, 0) is 9.59 Å². The van der Waals surface area contributed by atoms with Crippen LogP contribution in [0.4, 0.5) is 0 Å². The Balaban J connectivity index is 2.93. The maximum Gasteiger partial charge on any atom is 0.376 e. The molecule has 4 nitrogen and oxygen atoms in total. The Morgan fingerprint density at radius 3 is 2.44 bits per heavy atom. The molecular formula is C12H8Cl2O4. The smallest absolute Gasteiger partial charge is 0.376 e. The maximum absolute atomic E-state index is 10.7. The molecule has 0 aliphatic rings. The van der Waals surface area contributed by atoms with Crippen molar-refractivity contribution in [2.75, 3.05) is 0 Å². The summed E-state index contributed by atoms with van der Waals surface area (Å²) in [5, 5.41) is 18.7. The number of rotatable bonds is 4. The average Bonchev–Trinajstić information content (AvgIpc) is 2.31. The second-order valence-corrected chi connectivity index (χ2v) is 4.05. The van der Waals surface area contributed by atoms with E-state index in [0.717, 1.165) is 18.2 Å². The van der Waals surface area contributed by atoms with Gasteiger partial charge in [-0.05, 0) is 30.4 Å². The molecule has 0 atom stereocenters. The molecule has 0 amide bonds. The number of carboxylic acids is 1. The standard InChI is InChI=1S/C12H8Cl2O4/c13-7-4-5-9(14)8(6-7)10(15)2-1-3-11(16)12(17)18/h1-6,15H,(H,17,18)/b3-1+,10-2-. The van der Waals surface area contributed by atoms with Gasteiger partial charge in [-0.1, -0.05) is 29.3 Å². The van der Waals surface area contributed by atoms with E-state index in [2.05, 4.69) is 0 Å². The monoisotopic (exact) mass is 286 g/mol. The van der Waals surface area contributed by atoms with Crippen LogP contribution in [0.1, 0.15) is 5.56 Å². The topological polar surface area (TPSA) is 74.6 Å². The number of benzene rings is 1. The molecule has 0 aromatic heterocycles. The number of carbonyl (C=O) groups is 2. The van der Waals surface area contributed by atoms with E-state index >= 15 is 0 Å². The molecule has 0 saturated heterocycles. The summed E-state index contributed by atoms with van der Waals surface area (Å²) in [6.45, 7) is 0. The van der Waals surface area contributed by atoms with Gasteiger partial charge in [-0.3, -0.25) is 4.79 Å². The minimum atomic E-state index is -1.57. The highest BCUT2D eigenvalue weighted by atomic mass is 35.5. The lowest BCUT2D eigenvalue weighted by molar-refractivity contribution is -0.146. The van der Waals surface area contributed by atoms with E-state index in [1.54, 1.807) is 6.07 Å². The molecule has 18 heavy (non-hydrogen) atoms. The first-order chi connectivity index (χ1) is 8.41. The first-order valence-electron chi connectivity index (χ1n) is 4.72. The SMILES string of the molecule is O=C(O)C(=O)/C=C/C=C(\O)c1cc(Cl)ccc1Cl. The fourth-order valence-electron chi connectivity index (χ4n) is 1.08. The number of ketones is 1. The van der Waals surface area contributed by atoms with E-state index in [4.69, 9.17) is 28.3 Å². The molecule has 0 radical (unpaired) electrons. The van der Waals surface area contributed by atoms with Crippen LogP contribution in [0.15, 0.2) is 36.4 Å². The fraction of sp³-hybridized carbons (Fsp3) is 0. The van der Waals surface area contributed by atoms with Crippen molar-refractivity contribution < 1.29 is 19.8 Å². The highest BCUT2D eigenvalue weighted by Crippen LogP contribution is 2.25. The van der Waals surface area contributed by atoms with Crippen LogP contribution in [0.3, 0.4) is 0 Å². The zero-order valence-electron chi connectivity index (χ0n) is 8.93. The van der Waals surface area contributed by atoms with Crippen molar-refractivity contribution in [1.29, 1.82) is 0 Å². The van der Waals surface area contributed by atoms with E-state index in [1.807, 2.05) is 0 Å². The molecule has 2 N–H and O–H groups in total. The molecule has 1 rings (SSSR count). The second-order valence-electron chi connectivity index (χ2n) is 3.20. The van der Waals surface area contributed by atoms with Crippen molar-refractivity contribution in [2.45, 2.75) is 0 Å². The molecule has 0 fully saturated rings. The number of hydrogen-bond acceptors (Lipinski definition) is 3. The first-order valence-corrected chi connectivity index (χ1v) is 5.47. The molecule has 0 saturated carbocycles. The first kappa shape index (κ1) is 14.3. The Kier molecular flexibility index (Phi) is 4.95. The summed E-state index contributed by atoms with van der Waals surface area (Å²) in [5.74, 6) is -2.88. The van der Waals surface area contributed by atoms with Crippen molar-refractivity contribution in [3.63, 3.8) is 0 Å². The van der Waals surface area contributed by atoms with E-state index in [-0.39, 0.29) is 16.3 Å². The van der Waals surface area contributed by atoms with Crippen molar-refractivity contribution in [2.24, 2.45) is 0 Å². The van der Waals surface area contributed by atoms with Gasteiger partial charge in [0.25, 0.3) is 5.78 Å². The predicted molar refractivity (Wildman–Crippen MR) is 68.9 cm³/mol. The predicted octanol–water partition coefficient (Wildman–Crippen LogP) is 3.10. The van der Waals surface area contributed by atoms with Crippen molar-refractivity contribution in [3.05, 3.63) is 52.0 Å². The zero-order valence-corrected chi connectivity index (χ0v) is 10.4. The Morgan fingerprint density at radius 1 is 1.17 bits per heavy atom. The minimum Gasteiger partial charge on any atom is -0.507 e. The summed E-state index contributed by atoms with van der Waals surface area (Å²) in [6, 6.07) is 4.52. The quantitative estimate of drug-likeness (QED) is 0.386. The summed E-state index contributed by atoms with van der Waals surface area (Å²) in [4.78, 5) is 21.0. The molecular weight excluding hydrogens is 279 g/mol. The minimum absolute atomic E-state index is 0.225. The largest absolute Gasteiger partial charge is 0.507 e. The molecule has 1 aromatic rings. The number of allylic oxidation sites excluding steroid dienone is 2. The molecule has 0 heterocycles. The summed E-state index contributed by atoms with van der Waals surface area (Å²) in [5.41, 5.74) is 0.289. The van der Waals surface area contributed by atoms with Gasteiger partial charge in [-0.25, -0.2) is 4.79 Å². The fourth-order valence-corrected chi connectivity index (χ4v) is 1.47. The molecule has 0 spiro atoms. The van der Waals surface area contributed by atoms with Crippen LogP contribution in [0.25, 0.3) is 5.76 Å². The highest BCUT2D eigenvalue weighted by molar-refractivity contribution is 6.37. The number of carboxylic acid groups (broad SMARTS) is 1. The molecule has 0 unspecified atom stereocenters. The zero-order chi connectivity index (χ0) is 13.7. The number of hydrogen-bond donors (Lipinski definition) is 2. The second kappa shape index (κ2) is 6.23. The van der Waals surface area contributed by atoms with Crippen molar-refractivity contribution in [1.82, 2.24) is 0 Å². The van der Waals surface area contributed by atoms with Crippen LogP contribution < -0.4 is 0 Å². The number of carbonyl (C=O) groups excluding carboxylic acids is 1. The van der Waals surface area contributed by atoms with Crippen LogP contribution in [0, 0.1) is 0 Å². The number of halogens is 2. The normalized spacial score (nSPS) is 11.8. The van der Waals surface area contributed by atoms with Crippen LogP contribution >= 0.6 is 23.2 Å². The van der Waals surface area contributed by atoms with Gasteiger partial charge < -0.3 is 10.2 Å². The van der Waals surface area contributed by atoms with Gasteiger partial charge in [0.2, 0.25) is 0 Å². The lowest BCUT2D eigenvalue weighted by atomic mass is 10.1. The number of aliphatic hydroxyl groups is 1. The Labute approximate surface area is 113 Å². The highest BCUT2D eigenvalue weighted by Gasteiger charge is 2.06. The van der Waals surface area contributed by atoms with E-state index in [9.17, 15) is 14.7 Å². The van der Waals surface area contributed by atoms with Gasteiger partial charge >= 0.3 is 5.97 Å². The third-order valence-corrected chi connectivity index (χ3v) is 2.48. The van der Waals surface area contributed by atoms with Gasteiger partial charge in [0, 0.05) is 10.6 Å². The Morgan fingerprint density at radius 2 is 1.83 bits per heavy atom. The lowest BCUT2D eigenvalue weighted by Crippen LogP contribution is -2.08. The summed E-state index contributed by atoms with van der Waals surface area (Å²) in [7, 11) is 0. The maximum atomic E-state index is 10.7. The van der Waals surface area contributed by atoms with Crippen molar-refractivity contribution >= 4 is 40.7 Å². The van der Waals surface area contributed by atoms with Crippen molar-refractivity contribution in [3.8, 4) is 0 Å². The molecule has 0 aliphatic carbocycles. The Bertz CT molecular complexity index is 547. The number of aliphatic carboxylic acids is 1. The summed E-state index contributed by atoms with van der Waals surface area (Å²) < 4.78 is 0. The van der Waals surface area contributed by atoms with E-state index < -0.39 is 11.8 Å². The van der Waals surface area contributed by atoms with Crippen LogP contribution in [0.5, 0.6) is 0 Å². The number of aliphatic hydroxyl groups excluding tert-OH is 1. The molecule has 6 heteroatoms. The average molecular weight is 287 g/mol. The molecule has 0 aliphatic heterocycles. The molecule has 94 valence electrons. The lowest BCUT2D eigenvalue weighted by Gasteiger charge is -2.02. The third kappa shape index (κ3) is 3.91. The summed E-state index contributed by atoms with van der Waals surface area (Å²) in [6.07, 6.45) is 3.08. The Hall–Kier alpha value is -1.78. The van der Waals surface area contributed by atoms with Gasteiger partial charge in [-0.2, -0.15) is 0 Å². The summed E-state index contributed by atoms with van der Waals surface area (Å²) >= 11 is 11.6. The molecule has 1 aromatic carbocycles. The van der Waals surface area contributed by atoms with E-state index in [1.165, 1.54) is 12.1 Å². The third-order valence-electron chi connectivity index (χ3n) is 1.92. The van der Waals surface area contributed by atoms with E-state index in [0.29, 0.717) is 5.02 Å². The van der Waals surface area contributed by atoms with Crippen LogP contribution in [0.2, 0.25) is 10.0 Å². The van der Waals surface area contributed by atoms with Gasteiger partial charge in [0.15, 0.2) is 0 Å². The van der Waals surface area contributed by atoms with Gasteiger partial charge in [-0.15, -0.1) is 0 Å². The molecule has 0 bridgehead atoms.